The van der Waals surface area contributed by atoms with Crippen LogP contribution in [-0.4, -0.2) is 16.2 Å². The van der Waals surface area contributed by atoms with E-state index in [-0.39, 0.29) is 0 Å². The van der Waals surface area contributed by atoms with E-state index >= 15 is 0 Å². The summed E-state index contributed by atoms with van der Waals surface area (Å²) in [4.78, 5) is 6.21. The number of nitrogens with zero attached hydrogens (tertiary/aromatic N) is 2. The molecule has 4 aromatic rings. The van der Waals surface area contributed by atoms with Crippen LogP contribution in [0.3, 0.4) is 0 Å². The number of hydrogen-bond donors (Lipinski definition) is 0. The first kappa shape index (κ1) is 16.9. The van der Waals surface area contributed by atoms with Crippen molar-refractivity contribution in [2.75, 3.05) is 6.61 Å². The van der Waals surface area contributed by atoms with Crippen molar-refractivity contribution < 1.29 is 4.74 Å². The summed E-state index contributed by atoms with van der Waals surface area (Å²) < 4.78 is 8.23. The summed E-state index contributed by atoms with van der Waals surface area (Å²) in [6.45, 7) is 3.70. The Hall–Kier alpha value is -2.59. The number of aryl methyl sites for hydroxylation is 2. The molecule has 2 heterocycles. The number of hydrogen-bond acceptors (Lipinski definition) is 3. The van der Waals surface area contributed by atoms with Crippen molar-refractivity contribution in [3.05, 3.63) is 82.3 Å². The SMILES string of the molecule is Cc1ccc(OCCCn2c(Cc3cccs3)nc3ccccc32)cc1. The number of fused-ring (bicyclic) bond motifs is 1. The van der Waals surface area contributed by atoms with Gasteiger partial charge in [-0.3, -0.25) is 0 Å². The van der Waals surface area contributed by atoms with Crippen LogP contribution < -0.4 is 4.74 Å². The van der Waals surface area contributed by atoms with Crippen molar-refractivity contribution in [2.24, 2.45) is 0 Å². The molecular formula is C22H22N2OS. The normalized spacial score (nSPS) is 11.1. The van der Waals surface area contributed by atoms with Gasteiger partial charge in [0.25, 0.3) is 0 Å². The molecule has 0 unspecified atom stereocenters. The smallest absolute Gasteiger partial charge is 0.119 e. The van der Waals surface area contributed by atoms with E-state index in [0.29, 0.717) is 6.61 Å². The Morgan fingerprint density at radius 2 is 1.85 bits per heavy atom. The summed E-state index contributed by atoms with van der Waals surface area (Å²) in [5.41, 5.74) is 3.52. The van der Waals surface area contributed by atoms with Crippen molar-refractivity contribution in [3.63, 3.8) is 0 Å². The van der Waals surface area contributed by atoms with E-state index in [1.54, 1.807) is 11.3 Å². The topological polar surface area (TPSA) is 27.1 Å². The predicted molar refractivity (Wildman–Crippen MR) is 108 cm³/mol. The standard InChI is InChI=1S/C22H22N2OS/c1-17-9-11-18(12-10-17)25-14-5-13-24-21-8-3-2-7-20(21)23-22(24)16-19-6-4-15-26-19/h2-4,6-12,15H,5,13-14,16H2,1H3. The molecule has 0 saturated carbocycles. The van der Waals surface area contributed by atoms with Gasteiger partial charge in [-0.15, -0.1) is 11.3 Å². The van der Waals surface area contributed by atoms with Gasteiger partial charge < -0.3 is 9.30 Å². The van der Waals surface area contributed by atoms with Crippen LogP contribution in [0.5, 0.6) is 5.75 Å². The minimum atomic E-state index is 0.702. The molecule has 2 aromatic heterocycles. The molecule has 4 heteroatoms. The first-order valence-corrected chi connectivity index (χ1v) is 9.83. The van der Waals surface area contributed by atoms with Crippen LogP contribution in [0.25, 0.3) is 11.0 Å². The summed E-state index contributed by atoms with van der Waals surface area (Å²) in [7, 11) is 0. The van der Waals surface area contributed by atoms with Gasteiger partial charge in [-0.1, -0.05) is 35.9 Å². The second kappa shape index (κ2) is 7.75. The van der Waals surface area contributed by atoms with Crippen LogP contribution in [0.15, 0.2) is 66.0 Å². The molecule has 0 aliphatic heterocycles. The van der Waals surface area contributed by atoms with Crippen LogP contribution in [0, 0.1) is 6.92 Å². The molecule has 0 aliphatic rings. The second-order valence-corrected chi connectivity index (χ2v) is 7.47. The zero-order valence-electron chi connectivity index (χ0n) is 14.9. The van der Waals surface area contributed by atoms with Gasteiger partial charge in [-0.25, -0.2) is 4.98 Å². The van der Waals surface area contributed by atoms with E-state index in [2.05, 4.69) is 65.4 Å². The molecule has 0 atom stereocenters. The van der Waals surface area contributed by atoms with Gasteiger partial charge >= 0.3 is 0 Å². The molecule has 0 aliphatic carbocycles. The Bertz CT molecular complexity index is 971. The van der Waals surface area contributed by atoms with E-state index in [4.69, 9.17) is 9.72 Å². The van der Waals surface area contributed by atoms with Gasteiger partial charge in [-0.2, -0.15) is 0 Å². The number of benzene rings is 2. The zero-order valence-corrected chi connectivity index (χ0v) is 15.7. The monoisotopic (exact) mass is 362 g/mol. The van der Waals surface area contributed by atoms with Gasteiger partial charge in [0.05, 0.1) is 17.6 Å². The zero-order chi connectivity index (χ0) is 17.8. The summed E-state index contributed by atoms with van der Waals surface area (Å²) in [5.74, 6) is 2.06. The molecule has 0 spiro atoms. The van der Waals surface area contributed by atoms with Crippen molar-refractivity contribution in [3.8, 4) is 5.75 Å². The highest BCUT2D eigenvalue weighted by Gasteiger charge is 2.11. The van der Waals surface area contributed by atoms with Crippen LogP contribution in [-0.2, 0) is 13.0 Å². The summed E-state index contributed by atoms with van der Waals surface area (Å²) in [5, 5.41) is 2.12. The maximum Gasteiger partial charge on any atom is 0.119 e. The molecule has 0 bridgehead atoms. The Morgan fingerprint density at radius 3 is 2.65 bits per heavy atom. The number of aromatic nitrogens is 2. The van der Waals surface area contributed by atoms with Crippen LogP contribution in [0.4, 0.5) is 0 Å². The van der Waals surface area contributed by atoms with Crippen LogP contribution in [0.2, 0.25) is 0 Å². The lowest BCUT2D eigenvalue weighted by Gasteiger charge is -2.10. The summed E-state index contributed by atoms with van der Waals surface area (Å²) in [6.07, 6.45) is 1.83. The summed E-state index contributed by atoms with van der Waals surface area (Å²) >= 11 is 1.79. The molecule has 0 saturated heterocycles. The van der Waals surface area contributed by atoms with E-state index in [1.807, 2.05) is 12.1 Å². The van der Waals surface area contributed by atoms with Crippen LogP contribution in [0.1, 0.15) is 22.7 Å². The van der Waals surface area contributed by atoms with E-state index < -0.39 is 0 Å². The van der Waals surface area contributed by atoms with Gasteiger partial charge in [0.2, 0.25) is 0 Å². The Kier molecular flexibility index (Phi) is 5.02. The highest BCUT2D eigenvalue weighted by molar-refractivity contribution is 7.09. The fraction of sp³-hybridized carbons (Fsp3) is 0.227. The van der Waals surface area contributed by atoms with Gasteiger partial charge in [-0.05, 0) is 49.1 Å². The van der Waals surface area contributed by atoms with Gasteiger partial charge in [0, 0.05) is 17.8 Å². The largest absolute Gasteiger partial charge is 0.494 e. The Morgan fingerprint density at radius 1 is 1.00 bits per heavy atom. The third kappa shape index (κ3) is 3.81. The van der Waals surface area contributed by atoms with E-state index in [9.17, 15) is 0 Å². The van der Waals surface area contributed by atoms with Crippen molar-refractivity contribution in [1.29, 1.82) is 0 Å². The molecule has 0 fully saturated rings. The quantitative estimate of drug-likeness (QED) is 0.408. The molecular weight excluding hydrogens is 340 g/mol. The molecule has 2 aromatic carbocycles. The molecule has 4 rings (SSSR count). The minimum Gasteiger partial charge on any atom is -0.494 e. The highest BCUT2D eigenvalue weighted by Crippen LogP contribution is 2.21. The number of rotatable bonds is 7. The molecule has 0 amide bonds. The predicted octanol–water partition coefficient (Wildman–Crippen LogP) is 5.47. The summed E-state index contributed by atoms with van der Waals surface area (Å²) in [6, 6.07) is 20.9. The number of ether oxygens (including phenoxy) is 1. The average molecular weight is 362 g/mol. The molecule has 0 radical (unpaired) electrons. The Balaban J connectivity index is 1.46. The van der Waals surface area contributed by atoms with Crippen molar-refractivity contribution >= 4 is 22.4 Å². The first-order valence-electron chi connectivity index (χ1n) is 8.95. The average Bonchev–Trinajstić information content (AvgIpc) is 3.28. The molecule has 26 heavy (non-hydrogen) atoms. The first-order chi connectivity index (χ1) is 12.8. The number of thiophene rings is 1. The third-order valence-electron chi connectivity index (χ3n) is 4.46. The molecule has 3 nitrogen and oxygen atoms in total. The highest BCUT2D eigenvalue weighted by atomic mass is 32.1. The van der Waals surface area contributed by atoms with Crippen molar-refractivity contribution in [2.45, 2.75) is 26.3 Å². The fourth-order valence-electron chi connectivity index (χ4n) is 3.13. The van der Waals surface area contributed by atoms with E-state index in [1.165, 1.54) is 16.0 Å². The van der Waals surface area contributed by atoms with Crippen molar-refractivity contribution in [1.82, 2.24) is 9.55 Å². The lowest BCUT2D eigenvalue weighted by molar-refractivity contribution is 0.302. The maximum atomic E-state index is 5.89. The number of para-hydroxylation sites is 2. The second-order valence-electron chi connectivity index (χ2n) is 6.44. The number of imidazole rings is 1. The lowest BCUT2D eigenvalue weighted by atomic mass is 10.2. The van der Waals surface area contributed by atoms with E-state index in [0.717, 1.165) is 36.5 Å². The van der Waals surface area contributed by atoms with Gasteiger partial charge in [0.1, 0.15) is 11.6 Å². The van der Waals surface area contributed by atoms with Gasteiger partial charge in [0.15, 0.2) is 0 Å². The molecule has 0 N–H and O–H groups in total. The van der Waals surface area contributed by atoms with Crippen LogP contribution >= 0.6 is 11.3 Å². The fourth-order valence-corrected chi connectivity index (χ4v) is 3.83. The Labute approximate surface area is 157 Å². The third-order valence-corrected chi connectivity index (χ3v) is 5.34. The lowest BCUT2D eigenvalue weighted by Crippen LogP contribution is -2.08. The maximum absolute atomic E-state index is 5.89. The minimum absolute atomic E-state index is 0.702. The molecule has 132 valence electrons.